The first kappa shape index (κ1) is 27.7. The van der Waals surface area contributed by atoms with E-state index in [4.69, 9.17) is 9.47 Å². The standard InChI is InChI=1S/C26H32F3N3O4S/c1-2-36-25(34)18-35-14-13-30-9-11-31(12-10-30)16-20(33)17-32-21-5-3-4-6-23(21)37-24-8-7-19(15-22(24)32)26(27,28)29/h3-8,15,20,33H,2,9-14,16-18H2,1H3. The maximum absolute atomic E-state index is 13.4. The normalized spacial score (nSPS) is 17.3. The fourth-order valence-corrected chi connectivity index (χ4v) is 5.59. The first-order valence-corrected chi connectivity index (χ1v) is 13.2. The number of para-hydroxylation sites is 1. The van der Waals surface area contributed by atoms with Gasteiger partial charge in [-0.2, -0.15) is 13.2 Å². The molecular formula is C26H32F3N3O4S. The molecule has 1 fully saturated rings. The number of nitrogens with zero attached hydrogens (tertiary/aromatic N) is 3. The minimum atomic E-state index is -4.44. The van der Waals surface area contributed by atoms with E-state index < -0.39 is 17.8 Å². The van der Waals surface area contributed by atoms with Crippen molar-refractivity contribution in [1.29, 1.82) is 0 Å². The number of aliphatic hydroxyl groups is 1. The molecule has 11 heteroatoms. The van der Waals surface area contributed by atoms with Gasteiger partial charge in [-0.1, -0.05) is 23.9 Å². The van der Waals surface area contributed by atoms with Crippen molar-refractivity contribution >= 4 is 29.1 Å². The molecule has 1 atom stereocenters. The fourth-order valence-electron chi connectivity index (χ4n) is 4.52. The van der Waals surface area contributed by atoms with Crippen LogP contribution >= 0.6 is 11.8 Å². The second-order valence-corrected chi connectivity index (χ2v) is 10.1. The lowest BCUT2D eigenvalue weighted by Crippen LogP contribution is -2.50. The van der Waals surface area contributed by atoms with E-state index in [1.165, 1.54) is 23.9 Å². The maximum atomic E-state index is 13.4. The molecule has 2 heterocycles. The Bertz CT molecular complexity index is 1060. The summed E-state index contributed by atoms with van der Waals surface area (Å²) in [7, 11) is 0. The Morgan fingerprint density at radius 2 is 1.73 bits per heavy atom. The Balaban J connectivity index is 1.32. The quantitative estimate of drug-likeness (QED) is 0.361. The van der Waals surface area contributed by atoms with Gasteiger partial charge in [0.2, 0.25) is 0 Å². The van der Waals surface area contributed by atoms with E-state index in [-0.39, 0.29) is 19.1 Å². The van der Waals surface area contributed by atoms with Crippen molar-refractivity contribution in [2.24, 2.45) is 0 Å². The molecule has 1 unspecified atom stereocenters. The smallest absolute Gasteiger partial charge is 0.416 e. The lowest BCUT2D eigenvalue weighted by molar-refractivity contribution is -0.148. The molecule has 2 aromatic rings. The van der Waals surface area contributed by atoms with Crippen molar-refractivity contribution in [2.45, 2.75) is 29.0 Å². The van der Waals surface area contributed by atoms with Crippen LogP contribution in [0.15, 0.2) is 52.3 Å². The first-order valence-electron chi connectivity index (χ1n) is 12.4. The third kappa shape index (κ3) is 7.38. The van der Waals surface area contributed by atoms with Gasteiger partial charge >= 0.3 is 12.1 Å². The Labute approximate surface area is 219 Å². The third-order valence-corrected chi connectivity index (χ3v) is 7.49. The van der Waals surface area contributed by atoms with Crippen LogP contribution < -0.4 is 4.90 Å². The Morgan fingerprint density at radius 1 is 1.03 bits per heavy atom. The maximum Gasteiger partial charge on any atom is 0.416 e. The number of benzene rings is 2. The van der Waals surface area contributed by atoms with Crippen molar-refractivity contribution in [3.63, 3.8) is 0 Å². The minimum Gasteiger partial charge on any atom is -0.464 e. The highest BCUT2D eigenvalue weighted by molar-refractivity contribution is 7.99. The fraction of sp³-hybridized carbons (Fsp3) is 0.500. The highest BCUT2D eigenvalue weighted by Crippen LogP contribution is 2.49. The summed E-state index contributed by atoms with van der Waals surface area (Å²) >= 11 is 1.44. The van der Waals surface area contributed by atoms with Gasteiger partial charge in [-0.25, -0.2) is 4.79 Å². The van der Waals surface area contributed by atoms with Gasteiger partial charge in [-0.3, -0.25) is 9.80 Å². The lowest BCUT2D eigenvalue weighted by Gasteiger charge is -2.38. The van der Waals surface area contributed by atoms with Crippen LogP contribution in [0.25, 0.3) is 0 Å². The molecule has 0 aromatic heterocycles. The summed E-state index contributed by atoms with van der Waals surface area (Å²) in [6.45, 7) is 6.91. The van der Waals surface area contributed by atoms with E-state index in [0.29, 0.717) is 32.0 Å². The number of β-amino-alcohol motifs (C(OH)–C–C–N with tert-alkyl or cyclic N) is 1. The number of hydrogen-bond acceptors (Lipinski definition) is 8. The highest BCUT2D eigenvalue weighted by atomic mass is 32.2. The van der Waals surface area contributed by atoms with Gasteiger partial charge < -0.3 is 19.5 Å². The van der Waals surface area contributed by atoms with Crippen LogP contribution in [0.4, 0.5) is 24.5 Å². The van der Waals surface area contributed by atoms with E-state index in [2.05, 4.69) is 9.80 Å². The number of carbonyl (C=O) groups is 1. The van der Waals surface area contributed by atoms with Gasteiger partial charge in [0.15, 0.2) is 0 Å². The number of alkyl halides is 3. The number of piperazine rings is 1. The van der Waals surface area contributed by atoms with Crippen molar-refractivity contribution in [2.75, 3.05) is 70.5 Å². The van der Waals surface area contributed by atoms with Gasteiger partial charge in [0, 0.05) is 49.1 Å². The van der Waals surface area contributed by atoms with Gasteiger partial charge in [0.05, 0.1) is 42.8 Å². The molecule has 0 bridgehead atoms. The minimum absolute atomic E-state index is 0.0499. The molecule has 2 aromatic carbocycles. The molecule has 1 saturated heterocycles. The molecule has 37 heavy (non-hydrogen) atoms. The van der Waals surface area contributed by atoms with Crippen LogP contribution in [0.1, 0.15) is 12.5 Å². The highest BCUT2D eigenvalue weighted by Gasteiger charge is 2.34. The molecule has 2 aliphatic rings. The van der Waals surface area contributed by atoms with Gasteiger partial charge in [0.1, 0.15) is 6.61 Å². The molecule has 0 spiro atoms. The third-order valence-electron chi connectivity index (χ3n) is 6.36. The van der Waals surface area contributed by atoms with Crippen LogP contribution in [0.3, 0.4) is 0 Å². The van der Waals surface area contributed by atoms with E-state index in [1.807, 2.05) is 24.3 Å². The molecule has 1 N–H and O–H groups in total. The van der Waals surface area contributed by atoms with Gasteiger partial charge in [-0.05, 0) is 37.3 Å². The number of hydrogen-bond donors (Lipinski definition) is 1. The number of esters is 1. The average molecular weight is 540 g/mol. The number of fused-ring (bicyclic) bond motifs is 2. The van der Waals surface area contributed by atoms with E-state index in [9.17, 15) is 23.1 Å². The van der Waals surface area contributed by atoms with Gasteiger partial charge in [0.25, 0.3) is 0 Å². The summed E-state index contributed by atoms with van der Waals surface area (Å²) in [5, 5.41) is 11.0. The van der Waals surface area contributed by atoms with Crippen LogP contribution in [0.2, 0.25) is 0 Å². The van der Waals surface area contributed by atoms with E-state index in [0.717, 1.165) is 47.7 Å². The Morgan fingerprint density at radius 3 is 2.46 bits per heavy atom. The summed E-state index contributed by atoms with van der Waals surface area (Å²) in [5.74, 6) is -0.367. The van der Waals surface area contributed by atoms with E-state index in [1.54, 1.807) is 11.8 Å². The Hall–Kier alpha value is -2.31. The van der Waals surface area contributed by atoms with E-state index >= 15 is 0 Å². The molecule has 202 valence electrons. The van der Waals surface area contributed by atoms with Crippen molar-refractivity contribution in [3.8, 4) is 0 Å². The zero-order valence-corrected chi connectivity index (χ0v) is 21.6. The van der Waals surface area contributed by atoms with Crippen molar-refractivity contribution < 1.29 is 32.5 Å². The Kier molecular flexibility index (Phi) is 9.36. The summed E-state index contributed by atoms with van der Waals surface area (Å²) in [4.78, 5) is 19.2. The summed E-state index contributed by atoms with van der Waals surface area (Å²) in [6.07, 6.45) is -5.19. The zero-order chi connectivity index (χ0) is 26.4. The summed E-state index contributed by atoms with van der Waals surface area (Å²) < 4.78 is 50.5. The largest absolute Gasteiger partial charge is 0.464 e. The number of aliphatic hydroxyl groups excluding tert-OH is 1. The SMILES string of the molecule is CCOC(=O)COCCN1CCN(CC(O)CN2c3ccccc3Sc3ccc(C(F)(F)F)cc32)CC1. The average Bonchev–Trinajstić information content (AvgIpc) is 2.87. The predicted octanol–water partition coefficient (Wildman–Crippen LogP) is 3.87. The summed E-state index contributed by atoms with van der Waals surface area (Å²) in [5.41, 5.74) is 0.560. The van der Waals surface area contributed by atoms with Crippen molar-refractivity contribution in [1.82, 2.24) is 9.80 Å². The molecule has 0 aliphatic carbocycles. The second-order valence-electron chi connectivity index (χ2n) is 9.01. The first-order chi connectivity index (χ1) is 17.7. The molecule has 7 nitrogen and oxygen atoms in total. The van der Waals surface area contributed by atoms with Crippen LogP contribution in [0, 0.1) is 0 Å². The molecule has 0 saturated carbocycles. The number of carbonyl (C=O) groups excluding carboxylic acids is 1. The molecule has 4 rings (SSSR count). The molecule has 0 radical (unpaired) electrons. The van der Waals surface area contributed by atoms with Crippen LogP contribution in [-0.4, -0.2) is 92.6 Å². The summed E-state index contributed by atoms with van der Waals surface area (Å²) in [6, 6.07) is 11.4. The van der Waals surface area contributed by atoms with Crippen molar-refractivity contribution in [3.05, 3.63) is 48.0 Å². The van der Waals surface area contributed by atoms with Crippen LogP contribution in [0.5, 0.6) is 0 Å². The number of halogens is 3. The zero-order valence-electron chi connectivity index (χ0n) is 20.7. The molecule has 2 aliphatic heterocycles. The predicted molar refractivity (Wildman–Crippen MR) is 135 cm³/mol. The monoisotopic (exact) mass is 539 g/mol. The van der Waals surface area contributed by atoms with Gasteiger partial charge in [-0.15, -0.1) is 0 Å². The number of ether oxygens (including phenoxy) is 2. The lowest BCUT2D eigenvalue weighted by atomic mass is 10.1. The number of anilines is 2. The molecule has 0 amide bonds. The topological polar surface area (TPSA) is 65.5 Å². The van der Waals surface area contributed by atoms with Crippen LogP contribution in [-0.2, 0) is 20.4 Å². The number of rotatable bonds is 10. The second kappa shape index (κ2) is 12.5. The molecular weight excluding hydrogens is 507 g/mol.